The fourth-order valence-corrected chi connectivity index (χ4v) is 2.84. The molecule has 1 saturated heterocycles. The van der Waals surface area contributed by atoms with Crippen LogP contribution in [0.4, 0.5) is 5.69 Å². The molecule has 0 aromatic carbocycles. The van der Waals surface area contributed by atoms with Crippen molar-refractivity contribution in [3.05, 3.63) is 60.2 Å². The number of likely N-dealkylation sites (N-methyl/N-ethyl adjacent to an activating group) is 1. The second kappa shape index (κ2) is 9.05. The molecule has 3 rings (SSSR count). The zero-order valence-corrected chi connectivity index (χ0v) is 15.7. The van der Waals surface area contributed by atoms with Crippen LogP contribution in [-0.4, -0.2) is 60.5 Å². The Morgan fingerprint density at radius 3 is 2.74 bits per heavy atom. The molecule has 0 bridgehead atoms. The molecule has 0 spiro atoms. The third-order valence-corrected chi connectivity index (χ3v) is 4.33. The number of guanidine groups is 1. The molecule has 2 aromatic rings. The van der Waals surface area contributed by atoms with Crippen LogP contribution in [0.5, 0.6) is 0 Å². The highest BCUT2D eigenvalue weighted by Gasteiger charge is 2.26. The van der Waals surface area contributed by atoms with Crippen molar-refractivity contribution in [1.29, 1.82) is 5.41 Å². The third-order valence-electron chi connectivity index (χ3n) is 4.33. The van der Waals surface area contributed by atoms with E-state index in [-0.39, 0.29) is 5.96 Å². The first-order valence-electron chi connectivity index (χ1n) is 8.85. The van der Waals surface area contributed by atoms with Crippen LogP contribution in [0, 0.1) is 5.41 Å². The number of amidine groups is 1. The van der Waals surface area contributed by atoms with Gasteiger partial charge in [-0.05, 0) is 41.8 Å². The normalized spacial score (nSPS) is 16.9. The number of nitrogens with zero attached hydrogens (tertiary/aromatic N) is 5. The largest absolute Gasteiger partial charge is 0.383 e. The van der Waals surface area contributed by atoms with Gasteiger partial charge in [0.25, 0.3) is 0 Å². The molecule has 1 fully saturated rings. The van der Waals surface area contributed by atoms with Crippen molar-refractivity contribution < 1.29 is 4.74 Å². The molecule has 2 aromatic heterocycles. The van der Waals surface area contributed by atoms with Gasteiger partial charge in [0, 0.05) is 45.8 Å². The summed E-state index contributed by atoms with van der Waals surface area (Å²) in [6, 6.07) is 7.84. The molecule has 7 nitrogen and oxygen atoms in total. The van der Waals surface area contributed by atoms with E-state index in [0.29, 0.717) is 13.2 Å². The summed E-state index contributed by atoms with van der Waals surface area (Å²) in [5.41, 5.74) is 3.07. The molecule has 140 valence electrons. The maximum absolute atomic E-state index is 8.36. The molecule has 27 heavy (non-hydrogen) atoms. The number of aromatic nitrogens is 2. The molecule has 1 N–H and O–H groups in total. The SMILES string of the molecule is COCCN(C)C(=N)N=C1/C(=C/c2cccnc2)CCN1c1cccnc1. The van der Waals surface area contributed by atoms with Crippen molar-refractivity contribution in [2.24, 2.45) is 4.99 Å². The monoisotopic (exact) mass is 364 g/mol. The number of methoxy groups -OCH3 is 1. The van der Waals surface area contributed by atoms with Crippen molar-refractivity contribution in [3.63, 3.8) is 0 Å². The standard InChI is InChI=1S/C20H24N6O/c1-25(11-12-27-2)20(21)24-19-17(13-16-5-3-8-22-14-16)7-10-26(19)18-6-4-9-23-15-18/h3-6,8-9,13-15,21H,7,10-12H2,1-2H3/b17-13+,21-20?,24-19?. The highest BCUT2D eigenvalue weighted by atomic mass is 16.5. The van der Waals surface area contributed by atoms with Crippen LogP contribution >= 0.6 is 0 Å². The molecule has 0 atom stereocenters. The minimum absolute atomic E-state index is 0.204. The van der Waals surface area contributed by atoms with E-state index in [4.69, 9.17) is 10.1 Å². The van der Waals surface area contributed by atoms with Crippen molar-refractivity contribution in [3.8, 4) is 0 Å². The van der Waals surface area contributed by atoms with Crippen molar-refractivity contribution >= 4 is 23.6 Å². The van der Waals surface area contributed by atoms with E-state index in [1.54, 1.807) is 24.4 Å². The number of rotatable bonds is 5. The molecule has 0 radical (unpaired) electrons. The number of anilines is 1. The van der Waals surface area contributed by atoms with Gasteiger partial charge in [0.1, 0.15) is 5.84 Å². The van der Waals surface area contributed by atoms with Crippen LogP contribution in [0.3, 0.4) is 0 Å². The highest BCUT2D eigenvalue weighted by molar-refractivity contribution is 6.17. The highest BCUT2D eigenvalue weighted by Crippen LogP contribution is 2.26. The summed E-state index contributed by atoms with van der Waals surface area (Å²) in [4.78, 5) is 16.9. The Balaban J connectivity index is 1.93. The molecule has 1 aliphatic heterocycles. The van der Waals surface area contributed by atoms with Crippen molar-refractivity contribution in [2.75, 3.05) is 38.8 Å². The number of aliphatic imine (C=N–C) groups is 1. The van der Waals surface area contributed by atoms with E-state index < -0.39 is 0 Å². The Hall–Kier alpha value is -3.06. The molecular formula is C20H24N6O. The summed E-state index contributed by atoms with van der Waals surface area (Å²) < 4.78 is 5.10. The van der Waals surface area contributed by atoms with E-state index in [2.05, 4.69) is 25.9 Å². The average molecular weight is 364 g/mol. The zero-order valence-electron chi connectivity index (χ0n) is 15.7. The number of hydrogen-bond acceptors (Lipinski definition) is 4. The number of nitrogens with one attached hydrogen (secondary N) is 1. The topological polar surface area (TPSA) is 77.7 Å². The van der Waals surface area contributed by atoms with Gasteiger partial charge in [0.05, 0.1) is 18.5 Å². The Kier molecular flexibility index (Phi) is 6.27. The van der Waals surface area contributed by atoms with Gasteiger partial charge in [-0.1, -0.05) is 6.07 Å². The van der Waals surface area contributed by atoms with Crippen LogP contribution < -0.4 is 4.90 Å². The fourth-order valence-electron chi connectivity index (χ4n) is 2.84. The molecule has 0 saturated carbocycles. The second-order valence-corrected chi connectivity index (χ2v) is 6.24. The number of pyridine rings is 2. The lowest BCUT2D eigenvalue weighted by molar-refractivity contribution is 0.182. The average Bonchev–Trinajstić information content (AvgIpc) is 3.09. The number of hydrogen-bond donors (Lipinski definition) is 1. The first kappa shape index (κ1) is 18.7. The second-order valence-electron chi connectivity index (χ2n) is 6.24. The van der Waals surface area contributed by atoms with Crippen LogP contribution in [0.15, 0.2) is 59.6 Å². The van der Waals surface area contributed by atoms with Crippen molar-refractivity contribution in [1.82, 2.24) is 14.9 Å². The van der Waals surface area contributed by atoms with Gasteiger partial charge in [-0.25, -0.2) is 0 Å². The van der Waals surface area contributed by atoms with Gasteiger partial charge in [-0.15, -0.1) is 0 Å². The first-order valence-corrected chi connectivity index (χ1v) is 8.85. The molecule has 0 aliphatic carbocycles. The Morgan fingerprint density at radius 1 is 1.30 bits per heavy atom. The third kappa shape index (κ3) is 4.77. The molecule has 0 unspecified atom stereocenters. The fraction of sp³-hybridized carbons (Fsp3) is 0.300. The van der Waals surface area contributed by atoms with Gasteiger partial charge in [0.15, 0.2) is 0 Å². The van der Waals surface area contributed by atoms with E-state index in [0.717, 1.165) is 35.6 Å². The van der Waals surface area contributed by atoms with Gasteiger partial charge < -0.3 is 14.5 Å². The maximum atomic E-state index is 8.36. The summed E-state index contributed by atoms with van der Waals surface area (Å²) in [6.07, 6.45) is 10.1. The maximum Gasteiger partial charge on any atom is 0.219 e. The van der Waals surface area contributed by atoms with Crippen LogP contribution in [0.1, 0.15) is 12.0 Å². The Labute approximate surface area is 159 Å². The van der Waals surface area contributed by atoms with Gasteiger partial charge in [0.2, 0.25) is 5.96 Å². The van der Waals surface area contributed by atoms with Gasteiger partial charge in [-0.3, -0.25) is 15.4 Å². The Bertz CT molecular complexity index is 819. The number of ether oxygens (including phenoxy) is 1. The first-order chi connectivity index (χ1) is 13.2. The minimum atomic E-state index is 0.204. The summed E-state index contributed by atoms with van der Waals surface area (Å²) in [5, 5.41) is 8.36. The predicted octanol–water partition coefficient (Wildman–Crippen LogP) is 2.68. The summed E-state index contributed by atoms with van der Waals surface area (Å²) in [6.45, 7) is 1.96. The minimum Gasteiger partial charge on any atom is -0.383 e. The smallest absolute Gasteiger partial charge is 0.219 e. The summed E-state index contributed by atoms with van der Waals surface area (Å²) in [5.74, 6) is 0.982. The van der Waals surface area contributed by atoms with E-state index >= 15 is 0 Å². The molecule has 0 amide bonds. The molecular weight excluding hydrogens is 340 g/mol. The molecule has 3 heterocycles. The predicted molar refractivity (Wildman–Crippen MR) is 108 cm³/mol. The molecule has 1 aliphatic rings. The summed E-state index contributed by atoms with van der Waals surface area (Å²) >= 11 is 0. The van der Waals surface area contributed by atoms with Crippen LogP contribution in [0.2, 0.25) is 0 Å². The molecule has 7 heteroatoms. The van der Waals surface area contributed by atoms with E-state index in [9.17, 15) is 0 Å². The lowest BCUT2D eigenvalue weighted by Crippen LogP contribution is -2.32. The lowest BCUT2D eigenvalue weighted by atomic mass is 10.1. The lowest BCUT2D eigenvalue weighted by Gasteiger charge is -2.21. The quantitative estimate of drug-likeness (QED) is 0.652. The van der Waals surface area contributed by atoms with Crippen LogP contribution in [-0.2, 0) is 4.74 Å². The van der Waals surface area contributed by atoms with E-state index in [1.165, 1.54) is 0 Å². The van der Waals surface area contributed by atoms with Crippen molar-refractivity contribution in [2.45, 2.75) is 6.42 Å². The zero-order chi connectivity index (χ0) is 19.1. The van der Waals surface area contributed by atoms with Crippen LogP contribution in [0.25, 0.3) is 6.08 Å². The van der Waals surface area contributed by atoms with E-state index in [1.807, 2.05) is 43.7 Å². The van der Waals surface area contributed by atoms with Gasteiger partial charge >= 0.3 is 0 Å². The van der Waals surface area contributed by atoms with Gasteiger partial charge in [-0.2, -0.15) is 4.99 Å². The summed E-state index contributed by atoms with van der Waals surface area (Å²) in [7, 11) is 3.50. The Morgan fingerprint density at radius 2 is 2.07 bits per heavy atom.